The molecule has 2 heterocycles. The van der Waals surface area contributed by atoms with E-state index in [-0.39, 0.29) is 44.0 Å². The zero-order valence-electron chi connectivity index (χ0n) is 24.6. The molecule has 43 heavy (non-hydrogen) atoms. The third kappa shape index (κ3) is 6.92. The fraction of sp³-hybridized carbons (Fsp3) is 0.433. The first-order chi connectivity index (χ1) is 20.1. The number of nitrogens with zero attached hydrogens (tertiary/aromatic N) is 3. The van der Waals surface area contributed by atoms with Gasteiger partial charge in [-0.3, -0.25) is 24.5 Å². The molecule has 0 radical (unpaired) electrons. The van der Waals surface area contributed by atoms with Crippen molar-refractivity contribution in [1.29, 1.82) is 0 Å². The molecule has 1 N–H and O–H groups in total. The Morgan fingerprint density at radius 3 is 2.47 bits per heavy atom. The lowest BCUT2D eigenvalue weighted by Crippen LogP contribution is -2.52. The van der Waals surface area contributed by atoms with Crippen LogP contribution < -0.4 is 15.0 Å². The Bertz CT molecular complexity index is 1460. The van der Waals surface area contributed by atoms with E-state index in [0.717, 1.165) is 17.0 Å². The van der Waals surface area contributed by atoms with Crippen molar-refractivity contribution in [2.45, 2.75) is 57.7 Å². The number of hydrogen-bond donors (Lipinski definition) is 1. The van der Waals surface area contributed by atoms with E-state index >= 15 is 8.78 Å². The maximum Gasteiger partial charge on any atom is 0.410 e. The molecule has 1 atom stereocenters. The molecule has 0 bridgehead atoms. The van der Waals surface area contributed by atoms with Gasteiger partial charge >= 0.3 is 17.9 Å². The number of halogens is 2. The van der Waals surface area contributed by atoms with Crippen LogP contribution in [0.1, 0.15) is 55.1 Å². The molecule has 2 aromatic carbocycles. The van der Waals surface area contributed by atoms with Crippen LogP contribution in [0.15, 0.2) is 42.5 Å². The molecule has 13 heteroatoms. The van der Waals surface area contributed by atoms with Gasteiger partial charge in [-0.15, -0.1) is 0 Å². The summed E-state index contributed by atoms with van der Waals surface area (Å²) in [4.78, 5) is 65.3. The van der Waals surface area contributed by atoms with Crippen molar-refractivity contribution in [3.8, 4) is 5.75 Å². The normalized spacial score (nSPS) is 16.9. The van der Waals surface area contributed by atoms with Gasteiger partial charge in [0.25, 0.3) is 5.91 Å². The Balaban J connectivity index is 1.41. The van der Waals surface area contributed by atoms with Gasteiger partial charge in [0.2, 0.25) is 11.8 Å². The third-order valence-electron chi connectivity index (χ3n) is 7.06. The van der Waals surface area contributed by atoms with Gasteiger partial charge < -0.3 is 24.2 Å². The zero-order valence-corrected chi connectivity index (χ0v) is 24.6. The molecule has 2 aliphatic heterocycles. The standard InChI is InChI=1S/C30H34F2N4O7/c1-29(2,3)43-28(41)34(4)13-14-42-21-8-6-7-19(16-21)30(31,32)27(40)35(5)20-9-10-22-18(15-20)17-36(26(22)39)23-11-12-24(37)33-25(23)38/h6-10,15-16,23H,11-14,17H2,1-5H3,(H,33,37,38). The summed E-state index contributed by atoms with van der Waals surface area (Å²) in [5.41, 5.74) is -0.342. The highest BCUT2D eigenvalue weighted by molar-refractivity contribution is 6.06. The third-order valence-corrected chi connectivity index (χ3v) is 7.06. The summed E-state index contributed by atoms with van der Waals surface area (Å²) in [5, 5.41) is 2.22. The summed E-state index contributed by atoms with van der Waals surface area (Å²) in [7, 11) is 2.73. The molecule has 0 spiro atoms. The number of ether oxygens (including phenoxy) is 2. The van der Waals surface area contributed by atoms with Crippen LogP contribution in [0.25, 0.3) is 0 Å². The predicted molar refractivity (Wildman–Crippen MR) is 151 cm³/mol. The first-order valence-corrected chi connectivity index (χ1v) is 13.7. The van der Waals surface area contributed by atoms with Crippen LogP contribution in [0.3, 0.4) is 0 Å². The number of benzene rings is 2. The highest BCUT2D eigenvalue weighted by atomic mass is 19.3. The molecule has 1 saturated heterocycles. The lowest BCUT2D eigenvalue weighted by atomic mass is 10.0. The molecule has 5 amide bonds. The Morgan fingerprint density at radius 2 is 1.79 bits per heavy atom. The van der Waals surface area contributed by atoms with E-state index in [1.807, 2.05) is 0 Å². The smallest absolute Gasteiger partial charge is 0.410 e. The average Bonchev–Trinajstić information content (AvgIpc) is 3.26. The molecule has 11 nitrogen and oxygen atoms in total. The molecule has 4 rings (SSSR count). The molecule has 2 aromatic rings. The second-order valence-electron chi connectivity index (χ2n) is 11.5. The topological polar surface area (TPSA) is 126 Å². The first kappa shape index (κ1) is 31.4. The van der Waals surface area contributed by atoms with Crippen molar-refractivity contribution < 1.29 is 42.2 Å². The number of fused-ring (bicyclic) bond motifs is 1. The zero-order chi connectivity index (χ0) is 31.7. The lowest BCUT2D eigenvalue weighted by Gasteiger charge is -2.29. The molecule has 230 valence electrons. The van der Waals surface area contributed by atoms with Crippen molar-refractivity contribution >= 4 is 35.4 Å². The van der Waals surface area contributed by atoms with Gasteiger partial charge in [0, 0.05) is 43.9 Å². The molecule has 0 aromatic heterocycles. The van der Waals surface area contributed by atoms with Crippen LogP contribution in [-0.2, 0) is 31.6 Å². The molecule has 0 aliphatic carbocycles. The number of carbonyl (C=O) groups excluding carboxylic acids is 5. The Kier molecular flexibility index (Phi) is 8.74. The Labute approximate surface area is 247 Å². The minimum atomic E-state index is -3.92. The predicted octanol–water partition coefficient (Wildman–Crippen LogP) is 3.45. The van der Waals surface area contributed by atoms with E-state index in [2.05, 4.69) is 5.32 Å². The van der Waals surface area contributed by atoms with Crippen LogP contribution in [0, 0.1) is 0 Å². The number of rotatable bonds is 8. The van der Waals surface area contributed by atoms with Gasteiger partial charge in [-0.05, 0) is 63.1 Å². The van der Waals surface area contributed by atoms with E-state index in [1.165, 1.54) is 54.2 Å². The number of nitrogens with one attached hydrogen (secondary N) is 1. The number of hydrogen-bond acceptors (Lipinski definition) is 7. The SMILES string of the molecule is CN(CCOc1cccc(C(F)(F)C(=O)N(C)c2ccc3c(c2)CN(C2CCC(=O)NC2=O)C3=O)c1)C(=O)OC(C)(C)C. The van der Waals surface area contributed by atoms with E-state index < -0.39 is 52.9 Å². The second-order valence-corrected chi connectivity index (χ2v) is 11.5. The second kappa shape index (κ2) is 12.0. The summed E-state index contributed by atoms with van der Waals surface area (Å²) < 4.78 is 41.7. The van der Waals surface area contributed by atoms with E-state index in [0.29, 0.717) is 11.1 Å². The summed E-state index contributed by atoms with van der Waals surface area (Å²) in [6.07, 6.45) is -0.265. The minimum Gasteiger partial charge on any atom is -0.492 e. The molecular formula is C30H34F2N4O7. The number of imide groups is 1. The first-order valence-electron chi connectivity index (χ1n) is 13.7. The van der Waals surface area contributed by atoms with Crippen molar-refractivity contribution in [3.63, 3.8) is 0 Å². The summed E-state index contributed by atoms with van der Waals surface area (Å²) in [6.45, 7) is 5.39. The van der Waals surface area contributed by atoms with Gasteiger partial charge in [0.1, 0.15) is 24.0 Å². The molecule has 1 fully saturated rings. The molecular weight excluding hydrogens is 566 g/mol. The lowest BCUT2D eigenvalue weighted by molar-refractivity contribution is -0.143. The largest absolute Gasteiger partial charge is 0.492 e. The number of amides is 5. The Hall–Kier alpha value is -4.55. The summed E-state index contributed by atoms with van der Waals surface area (Å²) in [6, 6.07) is 8.46. The summed E-state index contributed by atoms with van der Waals surface area (Å²) >= 11 is 0. The van der Waals surface area contributed by atoms with Crippen molar-refractivity contribution in [3.05, 3.63) is 59.2 Å². The maximum absolute atomic E-state index is 15.4. The fourth-order valence-corrected chi connectivity index (χ4v) is 4.73. The monoisotopic (exact) mass is 600 g/mol. The summed E-state index contributed by atoms with van der Waals surface area (Å²) in [5.74, 6) is -6.71. The Morgan fingerprint density at radius 1 is 1.07 bits per heavy atom. The maximum atomic E-state index is 15.4. The van der Waals surface area contributed by atoms with Crippen molar-refractivity contribution in [2.75, 3.05) is 32.1 Å². The highest BCUT2D eigenvalue weighted by Gasteiger charge is 2.44. The number of likely N-dealkylation sites (N-methyl/N-ethyl adjacent to an activating group) is 2. The average molecular weight is 601 g/mol. The van der Waals surface area contributed by atoms with E-state index in [1.54, 1.807) is 20.8 Å². The number of anilines is 1. The number of carbonyl (C=O) groups is 5. The van der Waals surface area contributed by atoms with Crippen molar-refractivity contribution in [1.82, 2.24) is 15.1 Å². The van der Waals surface area contributed by atoms with Gasteiger partial charge in [-0.2, -0.15) is 8.78 Å². The van der Waals surface area contributed by atoms with Gasteiger partial charge in [-0.25, -0.2) is 4.79 Å². The minimum absolute atomic E-state index is 0.00229. The van der Waals surface area contributed by atoms with Crippen LogP contribution in [0.5, 0.6) is 5.75 Å². The number of piperidine rings is 1. The van der Waals surface area contributed by atoms with Gasteiger partial charge in [0.05, 0.1) is 6.54 Å². The fourth-order valence-electron chi connectivity index (χ4n) is 4.73. The quantitative estimate of drug-likeness (QED) is 0.460. The number of alkyl halides is 2. The van der Waals surface area contributed by atoms with Crippen LogP contribution >= 0.6 is 0 Å². The molecule has 2 aliphatic rings. The van der Waals surface area contributed by atoms with Gasteiger partial charge in [-0.1, -0.05) is 12.1 Å². The molecule has 1 unspecified atom stereocenters. The van der Waals surface area contributed by atoms with Gasteiger partial charge in [0.15, 0.2) is 0 Å². The van der Waals surface area contributed by atoms with Crippen molar-refractivity contribution in [2.24, 2.45) is 0 Å². The van der Waals surface area contributed by atoms with E-state index in [4.69, 9.17) is 9.47 Å². The van der Waals surface area contributed by atoms with Crippen LogP contribution in [0.2, 0.25) is 0 Å². The molecule has 0 saturated carbocycles. The van der Waals surface area contributed by atoms with Crippen LogP contribution in [0.4, 0.5) is 19.3 Å². The highest BCUT2D eigenvalue weighted by Crippen LogP contribution is 2.35. The van der Waals surface area contributed by atoms with E-state index in [9.17, 15) is 24.0 Å². The van der Waals surface area contributed by atoms with Crippen LogP contribution in [-0.4, -0.2) is 78.4 Å².